The van der Waals surface area contributed by atoms with Crippen molar-refractivity contribution >= 4 is 17.7 Å². The Hall–Kier alpha value is -2.77. The number of aromatic nitrogens is 2. The van der Waals surface area contributed by atoms with E-state index in [-0.39, 0.29) is 5.56 Å². The molecule has 2 fully saturated rings. The number of halogens is 2. The van der Waals surface area contributed by atoms with Gasteiger partial charge in [0.25, 0.3) is 5.91 Å². The molecule has 0 N–H and O–H groups in total. The Balaban J connectivity index is 1.46. The predicted octanol–water partition coefficient (Wildman–Crippen LogP) is 4.18. The monoisotopic (exact) mass is 455 g/mol. The number of piperidine rings is 2. The molecule has 176 valence electrons. The van der Waals surface area contributed by atoms with Crippen LogP contribution >= 0.6 is 0 Å². The molecule has 4 heterocycles. The summed E-state index contributed by atoms with van der Waals surface area (Å²) in [6, 6.07) is 3.12. The number of benzene rings is 1. The standard InChI is InChI=1S/C25H31F2N5O/c1-17-7-12-31(13-8-17)25-28-22-9-14-32(24(33)19-6-5-18(26)15-21(19)27)16-20(22)23(29-25)30-10-3-2-4-11-30/h5-6,15,17H,2-4,7-14,16H2,1H3. The molecule has 0 radical (unpaired) electrons. The van der Waals surface area contributed by atoms with Crippen LogP contribution in [0.4, 0.5) is 20.5 Å². The number of hydrogen-bond donors (Lipinski definition) is 0. The molecule has 6 nitrogen and oxygen atoms in total. The van der Waals surface area contributed by atoms with Crippen LogP contribution in [0.5, 0.6) is 0 Å². The highest BCUT2D eigenvalue weighted by atomic mass is 19.1. The molecule has 0 unspecified atom stereocenters. The van der Waals surface area contributed by atoms with Gasteiger partial charge in [0.2, 0.25) is 5.95 Å². The maximum Gasteiger partial charge on any atom is 0.257 e. The number of amides is 1. The fourth-order valence-electron chi connectivity index (χ4n) is 5.11. The van der Waals surface area contributed by atoms with Gasteiger partial charge in [-0.2, -0.15) is 4.98 Å². The molecular weight excluding hydrogens is 424 g/mol. The van der Waals surface area contributed by atoms with Crippen molar-refractivity contribution in [2.24, 2.45) is 5.92 Å². The maximum atomic E-state index is 14.3. The van der Waals surface area contributed by atoms with Gasteiger partial charge in [0.1, 0.15) is 17.5 Å². The van der Waals surface area contributed by atoms with E-state index in [9.17, 15) is 13.6 Å². The SMILES string of the molecule is CC1CCN(c2nc3c(c(N4CCCCC4)n2)CN(C(=O)c2ccc(F)cc2F)CC3)CC1. The zero-order valence-corrected chi connectivity index (χ0v) is 19.2. The first-order valence-electron chi connectivity index (χ1n) is 12.1. The van der Waals surface area contributed by atoms with Crippen molar-refractivity contribution in [2.75, 3.05) is 42.5 Å². The molecule has 0 bridgehead atoms. The van der Waals surface area contributed by atoms with Crippen LogP contribution in [0, 0.1) is 17.6 Å². The van der Waals surface area contributed by atoms with Crippen molar-refractivity contribution in [3.8, 4) is 0 Å². The first kappa shape index (κ1) is 22.0. The van der Waals surface area contributed by atoms with Crippen molar-refractivity contribution in [3.05, 3.63) is 46.7 Å². The van der Waals surface area contributed by atoms with Gasteiger partial charge in [0.05, 0.1) is 17.8 Å². The van der Waals surface area contributed by atoms with Crippen LogP contribution in [0.25, 0.3) is 0 Å². The van der Waals surface area contributed by atoms with E-state index < -0.39 is 17.5 Å². The van der Waals surface area contributed by atoms with E-state index in [0.717, 1.165) is 92.9 Å². The van der Waals surface area contributed by atoms with E-state index in [0.29, 0.717) is 19.5 Å². The lowest BCUT2D eigenvalue weighted by Gasteiger charge is -2.36. The van der Waals surface area contributed by atoms with Gasteiger partial charge < -0.3 is 14.7 Å². The molecule has 1 aromatic carbocycles. The van der Waals surface area contributed by atoms with Gasteiger partial charge in [-0.1, -0.05) is 6.92 Å². The fraction of sp³-hybridized carbons (Fsp3) is 0.560. The average molecular weight is 456 g/mol. The van der Waals surface area contributed by atoms with Crippen molar-refractivity contribution in [2.45, 2.75) is 52.0 Å². The van der Waals surface area contributed by atoms with Crippen LogP contribution in [-0.2, 0) is 13.0 Å². The molecule has 1 aromatic heterocycles. The minimum atomic E-state index is -0.826. The van der Waals surface area contributed by atoms with Crippen molar-refractivity contribution in [3.63, 3.8) is 0 Å². The highest BCUT2D eigenvalue weighted by Gasteiger charge is 2.31. The summed E-state index contributed by atoms with van der Waals surface area (Å²) in [5.41, 5.74) is 1.86. The van der Waals surface area contributed by atoms with Crippen molar-refractivity contribution in [1.29, 1.82) is 0 Å². The number of hydrogen-bond acceptors (Lipinski definition) is 5. The lowest BCUT2D eigenvalue weighted by molar-refractivity contribution is 0.0728. The number of carbonyl (C=O) groups is 1. The molecule has 0 spiro atoms. The largest absolute Gasteiger partial charge is 0.356 e. The van der Waals surface area contributed by atoms with Crippen molar-refractivity contribution in [1.82, 2.24) is 14.9 Å². The second-order valence-corrected chi connectivity index (χ2v) is 9.59. The maximum absolute atomic E-state index is 14.3. The Morgan fingerprint density at radius 3 is 2.45 bits per heavy atom. The summed E-state index contributed by atoms with van der Waals surface area (Å²) < 4.78 is 27.6. The summed E-state index contributed by atoms with van der Waals surface area (Å²) in [4.78, 5) is 29.3. The van der Waals surface area contributed by atoms with Gasteiger partial charge in [-0.05, 0) is 50.2 Å². The summed E-state index contributed by atoms with van der Waals surface area (Å²) in [5, 5.41) is 0. The molecule has 2 aromatic rings. The lowest BCUT2D eigenvalue weighted by Crippen LogP contribution is -2.40. The Bertz CT molecular complexity index is 1030. The third kappa shape index (κ3) is 4.52. The average Bonchev–Trinajstić information content (AvgIpc) is 2.83. The van der Waals surface area contributed by atoms with Crippen LogP contribution in [0.3, 0.4) is 0 Å². The zero-order chi connectivity index (χ0) is 22.9. The minimum absolute atomic E-state index is 0.0978. The van der Waals surface area contributed by atoms with Crippen molar-refractivity contribution < 1.29 is 13.6 Å². The van der Waals surface area contributed by atoms with Crippen LogP contribution in [0.15, 0.2) is 18.2 Å². The van der Waals surface area contributed by atoms with E-state index in [2.05, 4.69) is 16.7 Å². The quantitative estimate of drug-likeness (QED) is 0.695. The first-order valence-corrected chi connectivity index (χ1v) is 12.1. The summed E-state index contributed by atoms with van der Waals surface area (Å²) in [7, 11) is 0. The molecule has 0 atom stereocenters. The van der Waals surface area contributed by atoms with Gasteiger partial charge in [-0.25, -0.2) is 13.8 Å². The first-order chi connectivity index (χ1) is 16.0. The molecule has 1 amide bonds. The number of fused-ring (bicyclic) bond motifs is 1. The normalized spacial score (nSPS) is 19.5. The van der Waals surface area contributed by atoms with E-state index in [1.807, 2.05) is 0 Å². The number of rotatable bonds is 3. The smallest absolute Gasteiger partial charge is 0.257 e. The fourth-order valence-corrected chi connectivity index (χ4v) is 5.11. The molecule has 8 heteroatoms. The summed E-state index contributed by atoms with van der Waals surface area (Å²) >= 11 is 0. The minimum Gasteiger partial charge on any atom is -0.356 e. The van der Waals surface area contributed by atoms with Gasteiger partial charge in [-0.15, -0.1) is 0 Å². The van der Waals surface area contributed by atoms with Crippen LogP contribution < -0.4 is 9.80 Å². The molecule has 33 heavy (non-hydrogen) atoms. The zero-order valence-electron chi connectivity index (χ0n) is 19.2. The van der Waals surface area contributed by atoms with Gasteiger partial charge >= 0.3 is 0 Å². The van der Waals surface area contributed by atoms with E-state index in [1.165, 1.54) is 12.5 Å². The van der Waals surface area contributed by atoms with Gasteiger partial charge in [0, 0.05) is 50.8 Å². The molecule has 3 aliphatic rings. The molecule has 0 aliphatic carbocycles. The third-order valence-corrected chi connectivity index (χ3v) is 7.20. The van der Waals surface area contributed by atoms with Gasteiger partial charge in [-0.3, -0.25) is 4.79 Å². The van der Waals surface area contributed by atoms with Crippen LogP contribution in [0.1, 0.15) is 60.6 Å². The number of anilines is 2. The molecule has 2 saturated heterocycles. The van der Waals surface area contributed by atoms with E-state index >= 15 is 0 Å². The highest BCUT2D eigenvalue weighted by molar-refractivity contribution is 5.94. The molecular formula is C25H31F2N5O. The predicted molar refractivity (Wildman–Crippen MR) is 124 cm³/mol. The number of carbonyl (C=O) groups excluding carboxylic acids is 1. The van der Waals surface area contributed by atoms with Gasteiger partial charge in [0.15, 0.2) is 0 Å². The van der Waals surface area contributed by atoms with E-state index in [4.69, 9.17) is 9.97 Å². The molecule has 3 aliphatic heterocycles. The molecule has 0 saturated carbocycles. The highest BCUT2D eigenvalue weighted by Crippen LogP contribution is 2.32. The third-order valence-electron chi connectivity index (χ3n) is 7.20. The Morgan fingerprint density at radius 1 is 0.970 bits per heavy atom. The summed E-state index contributed by atoms with van der Waals surface area (Å²) in [5.74, 6) is 0.515. The second-order valence-electron chi connectivity index (χ2n) is 9.59. The number of nitrogens with zero attached hydrogens (tertiary/aromatic N) is 5. The molecule has 5 rings (SSSR count). The Labute approximate surface area is 193 Å². The topological polar surface area (TPSA) is 52.6 Å². The van der Waals surface area contributed by atoms with E-state index in [1.54, 1.807) is 4.90 Å². The van der Waals surface area contributed by atoms with Crippen LogP contribution in [-0.4, -0.2) is 53.5 Å². The Morgan fingerprint density at radius 2 is 1.73 bits per heavy atom. The second kappa shape index (κ2) is 9.23. The summed E-state index contributed by atoms with van der Waals surface area (Å²) in [6.07, 6.45) is 6.35. The lowest BCUT2D eigenvalue weighted by atomic mass is 9.99. The van der Waals surface area contributed by atoms with Crippen LogP contribution in [0.2, 0.25) is 0 Å². The Kier molecular flexibility index (Phi) is 6.17. The summed E-state index contributed by atoms with van der Waals surface area (Å²) in [6.45, 7) is 6.91.